The highest BCUT2D eigenvalue weighted by atomic mass is 19.1. The van der Waals surface area contributed by atoms with Gasteiger partial charge >= 0.3 is 0 Å². The third kappa shape index (κ3) is 2.27. The van der Waals surface area contributed by atoms with Crippen LogP contribution >= 0.6 is 0 Å². The minimum absolute atomic E-state index is 0.0665. The summed E-state index contributed by atoms with van der Waals surface area (Å²) in [5, 5.41) is 3.42. The van der Waals surface area contributed by atoms with Gasteiger partial charge in [-0.05, 0) is 43.9 Å². The number of nitrogens with one attached hydrogen (secondary N) is 1. The molecule has 0 radical (unpaired) electrons. The zero-order chi connectivity index (χ0) is 12.7. The number of hydrogen-bond donors (Lipinski definition) is 1. The topological polar surface area (TPSA) is 21.3 Å². The predicted octanol–water partition coefficient (Wildman–Crippen LogP) is 2.94. The summed E-state index contributed by atoms with van der Waals surface area (Å²) < 4.78 is 32.1. The first-order valence-electron chi connectivity index (χ1n) is 6.49. The highest BCUT2D eigenvalue weighted by Crippen LogP contribution is 2.35. The lowest BCUT2D eigenvalue weighted by molar-refractivity contribution is 0.0962. The maximum atomic E-state index is 13.2. The van der Waals surface area contributed by atoms with Crippen molar-refractivity contribution in [3.05, 3.63) is 35.4 Å². The lowest BCUT2D eigenvalue weighted by Crippen LogP contribution is -2.39. The molecule has 2 bridgehead atoms. The largest absolute Gasteiger partial charge is 0.373 e. The van der Waals surface area contributed by atoms with E-state index in [1.54, 1.807) is 0 Å². The molecule has 4 unspecified atom stereocenters. The molecule has 2 fully saturated rings. The van der Waals surface area contributed by atoms with Crippen molar-refractivity contribution in [1.82, 2.24) is 5.32 Å². The Kier molecular flexibility index (Phi) is 3.08. The second-order valence-electron chi connectivity index (χ2n) is 5.31. The van der Waals surface area contributed by atoms with Crippen LogP contribution in [0.25, 0.3) is 0 Å². The van der Waals surface area contributed by atoms with Gasteiger partial charge in [-0.3, -0.25) is 0 Å². The molecule has 2 heterocycles. The molecule has 2 saturated heterocycles. The van der Waals surface area contributed by atoms with E-state index in [4.69, 9.17) is 4.74 Å². The molecule has 18 heavy (non-hydrogen) atoms. The van der Waals surface area contributed by atoms with E-state index in [2.05, 4.69) is 5.32 Å². The first-order valence-corrected chi connectivity index (χ1v) is 6.49. The van der Waals surface area contributed by atoms with Crippen molar-refractivity contribution >= 4 is 0 Å². The van der Waals surface area contributed by atoms with Crippen molar-refractivity contribution < 1.29 is 13.5 Å². The predicted molar refractivity (Wildman–Crippen MR) is 64.2 cm³/mol. The third-order valence-corrected chi connectivity index (χ3v) is 3.95. The minimum Gasteiger partial charge on any atom is -0.373 e. The van der Waals surface area contributed by atoms with E-state index in [1.807, 2.05) is 6.92 Å². The first-order chi connectivity index (χ1) is 8.61. The Morgan fingerprint density at radius 3 is 2.50 bits per heavy atom. The number of benzene rings is 1. The molecule has 0 aliphatic carbocycles. The van der Waals surface area contributed by atoms with Gasteiger partial charge in [-0.1, -0.05) is 0 Å². The molecule has 2 aliphatic heterocycles. The van der Waals surface area contributed by atoms with E-state index in [9.17, 15) is 8.78 Å². The first kappa shape index (κ1) is 12.1. The third-order valence-electron chi connectivity index (χ3n) is 3.95. The van der Waals surface area contributed by atoms with Gasteiger partial charge in [0.2, 0.25) is 0 Å². The molecular formula is C14H17F2NO. The maximum absolute atomic E-state index is 13.2. The molecule has 1 N–H and O–H groups in total. The van der Waals surface area contributed by atoms with E-state index in [-0.39, 0.29) is 12.1 Å². The summed E-state index contributed by atoms with van der Waals surface area (Å²) in [5.41, 5.74) is 0.648. The van der Waals surface area contributed by atoms with Gasteiger partial charge < -0.3 is 10.1 Å². The summed E-state index contributed by atoms with van der Waals surface area (Å²) in [5.74, 6) is -1.05. The van der Waals surface area contributed by atoms with Crippen LogP contribution in [0.4, 0.5) is 8.78 Å². The summed E-state index contributed by atoms with van der Waals surface area (Å²) in [6.45, 7) is 1.93. The highest BCUT2D eigenvalue weighted by Gasteiger charge is 2.41. The lowest BCUT2D eigenvalue weighted by Gasteiger charge is -2.24. The molecule has 2 nitrogen and oxygen atoms in total. The van der Waals surface area contributed by atoms with Gasteiger partial charge in [0.15, 0.2) is 0 Å². The van der Waals surface area contributed by atoms with E-state index >= 15 is 0 Å². The van der Waals surface area contributed by atoms with Gasteiger partial charge in [0.25, 0.3) is 0 Å². The molecule has 0 amide bonds. The lowest BCUT2D eigenvalue weighted by atomic mass is 9.94. The van der Waals surface area contributed by atoms with Crippen molar-refractivity contribution in [3.63, 3.8) is 0 Å². The number of fused-ring (bicyclic) bond motifs is 2. The summed E-state index contributed by atoms with van der Waals surface area (Å²) in [4.78, 5) is 0. The van der Waals surface area contributed by atoms with Crippen LogP contribution in [0.2, 0.25) is 0 Å². The van der Waals surface area contributed by atoms with Crippen LogP contribution in [-0.2, 0) is 4.74 Å². The van der Waals surface area contributed by atoms with Crippen LogP contribution in [0, 0.1) is 11.6 Å². The number of hydrogen-bond acceptors (Lipinski definition) is 2. The van der Waals surface area contributed by atoms with Crippen molar-refractivity contribution in [2.45, 2.75) is 50.5 Å². The summed E-state index contributed by atoms with van der Waals surface area (Å²) in [6, 6.07) is 3.91. The number of rotatable bonds is 3. The molecular weight excluding hydrogens is 236 g/mol. The molecule has 2 aliphatic rings. The highest BCUT2D eigenvalue weighted by molar-refractivity contribution is 5.21. The fraction of sp³-hybridized carbons (Fsp3) is 0.571. The van der Waals surface area contributed by atoms with Crippen LogP contribution in [0.5, 0.6) is 0 Å². The average molecular weight is 253 g/mol. The summed E-state index contributed by atoms with van der Waals surface area (Å²) in [6.07, 6.45) is 3.89. The fourth-order valence-electron chi connectivity index (χ4n) is 3.06. The Balaban J connectivity index is 1.69. The molecule has 4 heteroatoms. The van der Waals surface area contributed by atoms with E-state index in [1.165, 1.54) is 12.1 Å². The van der Waals surface area contributed by atoms with Crippen molar-refractivity contribution in [2.75, 3.05) is 0 Å². The molecule has 4 atom stereocenters. The second kappa shape index (κ2) is 4.59. The molecule has 1 aromatic carbocycles. The second-order valence-corrected chi connectivity index (χ2v) is 5.31. The van der Waals surface area contributed by atoms with E-state index < -0.39 is 11.6 Å². The number of halogens is 2. The Bertz CT molecular complexity index is 431. The van der Waals surface area contributed by atoms with Crippen molar-refractivity contribution in [2.24, 2.45) is 0 Å². The Hall–Kier alpha value is -1.00. The minimum atomic E-state index is -0.525. The van der Waals surface area contributed by atoms with Crippen LogP contribution in [0.3, 0.4) is 0 Å². The molecule has 0 saturated carbocycles. The van der Waals surface area contributed by atoms with Crippen molar-refractivity contribution in [3.8, 4) is 0 Å². The molecule has 1 aromatic rings. The molecule has 0 aromatic heterocycles. The normalized spacial score (nSPS) is 31.8. The zero-order valence-corrected chi connectivity index (χ0v) is 10.3. The quantitative estimate of drug-likeness (QED) is 0.894. The van der Waals surface area contributed by atoms with Gasteiger partial charge in [0.1, 0.15) is 11.6 Å². The maximum Gasteiger partial charge on any atom is 0.126 e. The monoisotopic (exact) mass is 253 g/mol. The Labute approximate surface area is 105 Å². The summed E-state index contributed by atoms with van der Waals surface area (Å²) in [7, 11) is 0. The standard InChI is InChI=1S/C14H17F2NO/c1-8(9-4-10(15)6-11(16)5-9)17-13-7-12-2-3-14(13)18-12/h4-6,8,12-14,17H,2-3,7H2,1H3. The van der Waals surface area contributed by atoms with Crippen LogP contribution in [0.1, 0.15) is 37.8 Å². The molecule has 0 spiro atoms. The van der Waals surface area contributed by atoms with Crippen LogP contribution < -0.4 is 5.32 Å². The van der Waals surface area contributed by atoms with Gasteiger partial charge in [-0.25, -0.2) is 8.78 Å². The van der Waals surface area contributed by atoms with Crippen LogP contribution in [0.15, 0.2) is 18.2 Å². The van der Waals surface area contributed by atoms with Gasteiger partial charge in [0, 0.05) is 18.2 Å². The SMILES string of the molecule is CC(NC1CC2CCC1O2)c1cc(F)cc(F)c1. The van der Waals surface area contributed by atoms with Crippen molar-refractivity contribution in [1.29, 1.82) is 0 Å². The van der Waals surface area contributed by atoms with Gasteiger partial charge in [-0.15, -0.1) is 0 Å². The smallest absolute Gasteiger partial charge is 0.126 e. The fourth-order valence-corrected chi connectivity index (χ4v) is 3.06. The number of ether oxygens (including phenoxy) is 1. The van der Waals surface area contributed by atoms with Gasteiger partial charge in [-0.2, -0.15) is 0 Å². The molecule has 3 rings (SSSR count). The van der Waals surface area contributed by atoms with Gasteiger partial charge in [0.05, 0.1) is 12.2 Å². The zero-order valence-electron chi connectivity index (χ0n) is 10.3. The van der Waals surface area contributed by atoms with E-state index in [0.29, 0.717) is 17.7 Å². The Morgan fingerprint density at radius 1 is 1.22 bits per heavy atom. The Morgan fingerprint density at radius 2 is 1.94 bits per heavy atom. The average Bonchev–Trinajstić information content (AvgIpc) is 2.89. The van der Waals surface area contributed by atoms with E-state index in [0.717, 1.165) is 25.3 Å². The van der Waals surface area contributed by atoms with Crippen LogP contribution in [-0.4, -0.2) is 18.2 Å². The summed E-state index contributed by atoms with van der Waals surface area (Å²) >= 11 is 0. The molecule has 98 valence electrons.